The standard InChI is InChI=1S/3C6H10O4.2Eu.6H2O/c3*7-5(8)3-1-2-4-6(9)10;;;;;;;;/h3*1-4H2,(H,7,8)(H,9,10);;;6*1H2. The molecular weight excluding hydrogens is 808 g/mol. The molecule has 38 heavy (non-hydrogen) atoms. The van der Waals surface area contributed by atoms with Gasteiger partial charge in [0.05, 0.1) is 0 Å². The molecule has 236 valence electrons. The summed E-state index contributed by atoms with van der Waals surface area (Å²) < 4.78 is 0. The van der Waals surface area contributed by atoms with Gasteiger partial charge in [0.15, 0.2) is 0 Å². The van der Waals surface area contributed by atoms with E-state index in [1.54, 1.807) is 0 Å². The summed E-state index contributed by atoms with van der Waals surface area (Å²) in [7, 11) is 0. The van der Waals surface area contributed by atoms with Gasteiger partial charge in [0, 0.05) is 137 Å². The monoisotopic (exact) mass is 852 g/mol. The zero-order valence-corrected chi connectivity index (χ0v) is 25.2. The van der Waals surface area contributed by atoms with E-state index < -0.39 is 35.8 Å². The third-order valence-corrected chi connectivity index (χ3v) is 3.09. The fourth-order valence-electron chi connectivity index (χ4n) is 1.66. The van der Waals surface area contributed by atoms with Crippen LogP contribution in [0.15, 0.2) is 0 Å². The maximum atomic E-state index is 9.90. The van der Waals surface area contributed by atoms with Gasteiger partial charge >= 0.3 is 35.8 Å². The maximum Gasteiger partial charge on any atom is 0.303 e. The number of aliphatic carboxylic acids is 6. The van der Waals surface area contributed by atoms with E-state index in [4.69, 9.17) is 30.6 Å². The Bertz CT molecular complexity index is 435. The molecule has 0 unspecified atom stereocenters. The van der Waals surface area contributed by atoms with Crippen molar-refractivity contribution in [3.8, 4) is 0 Å². The largest absolute Gasteiger partial charge is 0.481 e. The molecule has 0 fully saturated rings. The van der Waals surface area contributed by atoms with Gasteiger partial charge in [0.25, 0.3) is 0 Å². The third kappa shape index (κ3) is 100. The van der Waals surface area contributed by atoms with Crippen molar-refractivity contribution >= 4 is 35.8 Å². The summed E-state index contributed by atoms with van der Waals surface area (Å²) in [6.45, 7) is 0. The molecule has 0 bridgehead atoms. The third-order valence-electron chi connectivity index (χ3n) is 3.09. The summed E-state index contributed by atoms with van der Waals surface area (Å²) in [5.41, 5.74) is 0. The molecule has 0 aromatic carbocycles. The van der Waals surface area contributed by atoms with Crippen molar-refractivity contribution in [1.82, 2.24) is 0 Å². The van der Waals surface area contributed by atoms with Crippen molar-refractivity contribution in [2.24, 2.45) is 0 Å². The van der Waals surface area contributed by atoms with Gasteiger partial charge in [-0.05, 0) is 38.5 Å². The first-order chi connectivity index (χ1) is 13.9. The summed E-state index contributed by atoms with van der Waals surface area (Å²) in [5.74, 6) is -5.22. The van der Waals surface area contributed by atoms with Crippen LogP contribution in [0.1, 0.15) is 77.0 Å². The molecule has 20 heteroatoms. The molecule has 0 aliphatic carbocycles. The van der Waals surface area contributed by atoms with Gasteiger partial charge in [-0.3, -0.25) is 28.8 Å². The summed E-state index contributed by atoms with van der Waals surface area (Å²) in [4.78, 5) is 59.4. The summed E-state index contributed by atoms with van der Waals surface area (Å²) in [5, 5.41) is 48.8. The van der Waals surface area contributed by atoms with Gasteiger partial charge in [-0.25, -0.2) is 0 Å². The van der Waals surface area contributed by atoms with Crippen molar-refractivity contribution < 1.29 is 191 Å². The molecule has 0 amide bonds. The fourth-order valence-corrected chi connectivity index (χ4v) is 1.66. The molecule has 0 saturated heterocycles. The van der Waals surface area contributed by atoms with E-state index in [-0.39, 0.29) is 170 Å². The molecule has 0 rings (SSSR count). The van der Waals surface area contributed by atoms with Crippen LogP contribution in [0.3, 0.4) is 0 Å². The Labute approximate surface area is 300 Å². The molecule has 0 saturated carbocycles. The van der Waals surface area contributed by atoms with Crippen molar-refractivity contribution in [2.45, 2.75) is 77.0 Å². The van der Waals surface area contributed by atoms with Gasteiger partial charge in [-0.15, -0.1) is 0 Å². The second-order valence-electron chi connectivity index (χ2n) is 5.98. The number of unbranched alkanes of at least 4 members (excludes halogenated alkanes) is 3. The summed E-state index contributed by atoms with van der Waals surface area (Å²) in [6.07, 6.45) is 3.05. The van der Waals surface area contributed by atoms with Crippen LogP contribution in [0.5, 0.6) is 0 Å². The molecule has 18 nitrogen and oxygen atoms in total. The Balaban J connectivity index is -0.0000000289. The van der Waals surface area contributed by atoms with E-state index in [1.807, 2.05) is 0 Å². The van der Waals surface area contributed by atoms with Crippen molar-refractivity contribution in [3.05, 3.63) is 0 Å². The van der Waals surface area contributed by atoms with Crippen LogP contribution < -0.4 is 0 Å². The Hall–Kier alpha value is -0.251. The van der Waals surface area contributed by atoms with Gasteiger partial charge < -0.3 is 63.5 Å². The number of carboxylic acid groups (broad SMARTS) is 6. The fraction of sp³-hybridized carbons (Fsp3) is 0.667. The Morgan fingerprint density at radius 1 is 0.289 bits per heavy atom. The number of carbonyl (C=O) groups is 6. The molecular formula is C18H42Eu2O18. The quantitative estimate of drug-likeness (QED) is 0.0911. The molecule has 0 aromatic heterocycles. The second kappa shape index (κ2) is 53.1. The van der Waals surface area contributed by atoms with Crippen LogP contribution >= 0.6 is 0 Å². The minimum atomic E-state index is -0.870. The van der Waals surface area contributed by atoms with Crippen LogP contribution in [0.2, 0.25) is 0 Å². The Morgan fingerprint density at radius 3 is 0.421 bits per heavy atom. The van der Waals surface area contributed by atoms with Crippen LogP contribution in [0.4, 0.5) is 0 Å². The predicted octanol–water partition coefficient (Wildman–Crippen LogP) is -2.80. The van der Waals surface area contributed by atoms with Crippen LogP contribution in [-0.4, -0.2) is 99.3 Å². The van der Waals surface area contributed by atoms with E-state index in [0.717, 1.165) is 0 Å². The van der Waals surface area contributed by atoms with Crippen LogP contribution in [0.25, 0.3) is 0 Å². The van der Waals surface area contributed by atoms with Crippen molar-refractivity contribution in [2.75, 3.05) is 0 Å². The topological polar surface area (TPSA) is 413 Å². The van der Waals surface area contributed by atoms with Gasteiger partial charge in [-0.2, -0.15) is 0 Å². The first-order valence-electron chi connectivity index (χ1n) is 9.19. The average Bonchev–Trinajstić information content (AvgIpc) is 2.60. The zero-order valence-electron chi connectivity index (χ0n) is 20.4. The minimum absolute atomic E-state index is 0. The first-order valence-corrected chi connectivity index (χ1v) is 9.19. The first kappa shape index (κ1) is 71.2. The molecule has 2 radical (unpaired) electrons. The number of hydrogen-bond donors (Lipinski definition) is 6. The van der Waals surface area contributed by atoms with E-state index in [9.17, 15) is 28.8 Å². The number of hydrogen-bond acceptors (Lipinski definition) is 6. The van der Waals surface area contributed by atoms with E-state index in [1.165, 1.54) is 0 Å². The second-order valence-corrected chi connectivity index (χ2v) is 5.98. The maximum absolute atomic E-state index is 9.90. The van der Waals surface area contributed by atoms with Crippen LogP contribution in [-0.2, 0) is 28.8 Å². The minimum Gasteiger partial charge on any atom is -0.481 e. The Morgan fingerprint density at radius 2 is 0.368 bits per heavy atom. The smallest absolute Gasteiger partial charge is 0.303 e. The summed E-state index contributed by atoms with van der Waals surface area (Å²) >= 11 is 0. The number of carboxylic acids is 6. The van der Waals surface area contributed by atoms with E-state index in [0.29, 0.717) is 38.5 Å². The van der Waals surface area contributed by atoms with Gasteiger partial charge in [0.2, 0.25) is 0 Å². The molecule has 0 aliphatic rings. The SMILES string of the molecule is O.O.O.O.O.O.O=C(O)CCCCC(=O)O.O=C(O)CCCCC(=O)O.O=C(O)CCCCC(=O)O.[Eu].[Eu]. The zero-order chi connectivity index (χ0) is 23.9. The normalized spacial score (nSPS) is 7.26. The summed E-state index contributed by atoms with van der Waals surface area (Å²) in [6, 6.07) is 0. The van der Waals surface area contributed by atoms with E-state index >= 15 is 0 Å². The van der Waals surface area contributed by atoms with Crippen molar-refractivity contribution in [1.29, 1.82) is 0 Å². The molecule has 0 spiro atoms. The molecule has 18 N–H and O–H groups in total. The van der Waals surface area contributed by atoms with E-state index in [2.05, 4.69) is 0 Å². The van der Waals surface area contributed by atoms with Gasteiger partial charge in [0.1, 0.15) is 0 Å². The van der Waals surface area contributed by atoms with Crippen LogP contribution in [0, 0.1) is 98.8 Å². The molecule has 0 heterocycles. The van der Waals surface area contributed by atoms with Gasteiger partial charge in [-0.1, -0.05) is 0 Å². The average molecular weight is 850 g/mol. The Kier molecular flexibility index (Phi) is 99.5. The molecule has 0 aliphatic heterocycles. The predicted molar refractivity (Wildman–Crippen MR) is 123 cm³/mol. The molecule has 0 atom stereocenters. The molecule has 0 aromatic rings. The number of rotatable bonds is 15. The van der Waals surface area contributed by atoms with Crippen molar-refractivity contribution in [3.63, 3.8) is 0 Å².